The lowest BCUT2D eigenvalue weighted by Gasteiger charge is -2.05. The first-order chi connectivity index (χ1) is 9.63. The minimum absolute atomic E-state index is 0.0835. The largest absolute Gasteiger partial charge is 0.327 e. The molecule has 3 rings (SSSR count). The van der Waals surface area contributed by atoms with Gasteiger partial charge in [-0.1, -0.05) is 29.8 Å². The van der Waals surface area contributed by atoms with Gasteiger partial charge in [0.1, 0.15) is 11.6 Å². The van der Waals surface area contributed by atoms with E-state index < -0.39 is 5.82 Å². The molecule has 0 bridgehead atoms. The van der Waals surface area contributed by atoms with Crippen LogP contribution in [0.2, 0.25) is 5.02 Å². The van der Waals surface area contributed by atoms with Crippen LogP contribution in [0.1, 0.15) is 5.56 Å². The van der Waals surface area contributed by atoms with Crippen LogP contribution in [0.25, 0.3) is 22.4 Å². The predicted octanol–water partition coefficient (Wildman–Crippen LogP) is 3.49. The van der Waals surface area contributed by atoms with Crippen LogP contribution in [0.5, 0.6) is 0 Å². The molecule has 0 fully saturated rings. The number of aromatic nitrogens is 2. The van der Waals surface area contributed by atoms with Crippen molar-refractivity contribution in [2.45, 2.75) is 6.54 Å². The summed E-state index contributed by atoms with van der Waals surface area (Å²) >= 11 is 6.05. The van der Waals surface area contributed by atoms with Gasteiger partial charge in [-0.3, -0.25) is 0 Å². The predicted molar refractivity (Wildman–Crippen MR) is 79.0 cm³/mol. The van der Waals surface area contributed by atoms with Gasteiger partial charge >= 0.3 is 0 Å². The Balaban J connectivity index is 2.32. The molecule has 5 heteroatoms. The van der Waals surface area contributed by atoms with E-state index in [1.807, 2.05) is 29.8 Å². The van der Waals surface area contributed by atoms with E-state index in [4.69, 9.17) is 17.3 Å². The number of fused-ring (bicyclic) bond motifs is 1. The van der Waals surface area contributed by atoms with Crippen LogP contribution in [-0.2, 0) is 13.6 Å². The number of nitrogens with two attached hydrogens (primary N) is 1. The summed E-state index contributed by atoms with van der Waals surface area (Å²) in [5.41, 5.74) is 9.04. The highest BCUT2D eigenvalue weighted by molar-refractivity contribution is 6.33. The third-order valence-electron chi connectivity index (χ3n) is 3.41. The second-order valence-corrected chi connectivity index (χ2v) is 4.96. The summed E-state index contributed by atoms with van der Waals surface area (Å²) in [7, 11) is 1.88. The quantitative estimate of drug-likeness (QED) is 0.785. The first-order valence-electron chi connectivity index (χ1n) is 6.22. The Labute approximate surface area is 120 Å². The molecule has 0 saturated heterocycles. The maximum absolute atomic E-state index is 13.6. The summed E-state index contributed by atoms with van der Waals surface area (Å²) in [5.74, 6) is 0.181. The van der Waals surface area contributed by atoms with Crippen LogP contribution >= 0.6 is 11.6 Å². The number of nitrogens with zero attached hydrogens (tertiary/aromatic N) is 2. The van der Waals surface area contributed by atoms with Gasteiger partial charge in [0.2, 0.25) is 0 Å². The zero-order valence-corrected chi connectivity index (χ0v) is 11.7. The normalized spacial score (nSPS) is 11.2. The summed E-state index contributed by atoms with van der Waals surface area (Å²) in [5, 5.41) is 0.0835. The van der Waals surface area contributed by atoms with Crippen molar-refractivity contribution >= 4 is 22.6 Å². The van der Waals surface area contributed by atoms with Gasteiger partial charge in [0.15, 0.2) is 0 Å². The Kier molecular flexibility index (Phi) is 3.20. The molecule has 2 N–H and O–H groups in total. The molecule has 1 aromatic heterocycles. The third-order valence-corrected chi connectivity index (χ3v) is 3.79. The number of para-hydroxylation sites is 1. The smallest absolute Gasteiger partial charge is 0.142 e. The molecule has 0 saturated carbocycles. The van der Waals surface area contributed by atoms with E-state index in [1.54, 1.807) is 12.1 Å². The van der Waals surface area contributed by atoms with Crippen molar-refractivity contribution in [3.63, 3.8) is 0 Å². The van der Waals surface area contributed by atoms with Crippen LogP contribution in [-0.4, -0.2) is 9.55 Å². The van der Waals surface area contributed by atoms with Crippen LogP contribution < -0.4 is 5.73 Å². The monoisotopic (exact) mass is 289 g/mol. The number of halogens is 2. The van der Waals surface area contributed by atoms with Crippen molar-refractivity contribution in [3.05, 3.63) is 52.8 Å². The molecule has 0 radical (unpaired) electrons. The van der Waals surface area contributed by atoms with E-state index in [9.17, 15) is 4.39 Å². The standard InChI is InChI=1S/C15H13ClFN3/c1-20-12-7-2-4-9(8-18)14(12)19-15(20)10-5-3-6-11(17)13(10)16/h2-7H,8,18H2,1H3. The van der Waals surface area contributed by atoms with Crippen molar-refractivity contribution in [2.75, 3.05) is 0 Å². The van der Waals surface area contributed by atoms with Crippen LogP contribution in [0, 0.1) is 5.82 Å². The third kappa shape index (κ3) is 1.88. The number of rotatable bonds is 2. The molecule has 3 nitrogen and oxygen atoms in total. The topological polar surface area (TPSA) is 43.8 Å². The lowest BCUT2D eigenvalue weighted by molar-refractivity contribution is 0.628. The first-order valence-corrected chi connectivity index (χ1v) is 6.60. The molecule has 102 valence electrons. The Bertz CT molecular complexity index is 795. The van der Waals surface area contributed by atoms with Crippen molar-refractivity contribution in [1.29, 1.82) is 0 Å². The molecule has 0 aliphatic rings. The molecule has 0 aliphatic carbocycles. The van der Waals surface area contributed by atoms with Crippen LogP contribution in [0.4, 0.5) is 4.39 Å². The summed E-state index contributed by atoms with van der Waals surface area (Å²) < 4.78 is 15.5. The first kappa shape index (κ1) is 13.1. The Morgan fingerprint density at radius 2 is 2.00 bits per heavy atom. The molecular weight excluding hydrogens is 277 g/mol. The van der Waals surface area contributed by atoms with E-state index >= 15 is 0 Å². The fourth-order valence-electron chi connectivity index (χ4n) is 2.35. The van der Waals surface area contributed by atoms with Gasteiger partial charge in [0.05, 0.1) is 16.1 Å². The van der Waals surface area contributed by atoms with Gasteiger partial charge in [-0.15, -0.1) is 0 Å². The molecule has 0 amide bonds. The number of benzene rings is 2. The molecule has 2 aromatic carbocycles. The van der Waals surface area contributed by atoms with E-state index in [-0.39, 0.29) is 5.02 Å². The zero-order chi connectivity index (χ0) is 14.3. The molecule has 0 atom stereocenters. The summed E-state index contributed by atoms with van der Waals surface area (Å²) in [4.78, 5) is 4.59. The second kappa shape index (κ2) is 4.89. The average molecular weight is 290 g/mol. The van der Waals surface area contributed by atoms with Gasteiger partial charge in [-0.05, 0) is 23.8 Å². The Hall–Kier alpha value is -1.91. The summed E-state index contributed by atoms with van der Waals surface area (Å²) in [6.45, 7) is 0.407. The van der Waals surface area contributed by atoms with Gasteiger partial charge in [-0.25, -0.2) is 9.37 Å². The molecular formula is C15H13ClFN3. The molecule has 0 aliphatic heterocycles. The minimum Gasteiger partial charge on any atom is -0.327 e. The molecule has 0 spiro atoms. The maximum atomic E-state index is 13.6. The van der Waals surface area contributed by atoms with Crippen molar-refractivity contribution < 1.29 is 4.39 Å². The Morgan fingerprint density at radius 1 is 1.25 bits per heavy atom. The van der Waals surface area contributed by atoms with E-state index in [0.29, 0.717) is 17.9 Å². The van der Waals surface area contributed by atoms with Gasteiger partial charge < -0.3 is 10.3 Å². The number of hydrogen-bond acceptors (Lipinski definition) is 2. The van der Waals surface area contributed by atoms with E-state index in [0.717, 1.165) is 16.6 Å². The molecule has 1 heterocycles. The van der Waals surface area contributed by atoms with Crippen LogP contribution in [0.3, 0.4) is 0 Å². The minimum atomic E-state index is -0.449. The highest BCUT2D eigenvalue weighted by atomic mass is 35.5. The highest BCUT2D eigenvalue weighted by Gasteiger charge is 2.16. The van der Waals surface area contributed by atoms with Gasteiger partial charge in [0, 0.05) is 19.2 Å². The van der Waals surface area contributed by atoms with Crippen molar-refractivity contribution in [3.8, 4) is 11.4 Å². The van der Waals surface area contributed by atoms with E-state index in [1.165, 1.54) is 6.07 Å². The van der Waals surface area contributed by atoms with Gasteiger partial charge in [-0.2, -0.15) is 0 Å². The Morgan fingerprint density at radius 3 is 2.75 bits per heavy atom. The van der Waals surface area contributed by atoms with Crippen molar-refractivity contribution in [1.82, 2.24) is 9.55 Å². The molecule has 3 aromatic rings. The highest BCUT2D eigenvalue weighted by Crippen LogP contribution is 2.31. The molecule has 0 unspecified atom stereocenters. The van der Waals surface area contributed by atoms with Crippen LogP contribution in [0.15, 0.2) is 36.4 Å². The lowest BCUT2D eigenvalue weighted by atomic mass is 10.2. The SMILES string of the molecule is Cn1c(-c2cccc(F)c2Cl)nc2c(CN)cccc21. The summed E-state index contributed by atoms with van der Waals surface area (Å²) in [6, 6.07) is 10.5. The maximum Gasteiger partial charge on any atom is 0.142 e. The average Bonchev–Trinajstić information content (AvgIpc) is 2.79. The van der Waals surface area contributed by atoms with E-state index in [2.05, 4.69) is 4.98 Å². The number of aryl methyl sites for hydroxylation is 1. The zero-order valence-electron chi connectivity index (χ0n) is 10.9. The lowest BCUT2D eigenvalue weighted by Crippen LogP contribution is -1.97. The summed E-state index contributed by atoms with van der Waals surface area (Å²) in [6.07, 6.45) is 0. The second-order valence-electron chi connectivity index (χ2n) is 4.58. The molecule has 20 heavy (non-hydrogen) atoms. The number of hydrogen-bond donors (Lipinski definition) is 1. The fraction of sp³-hybridized carbons (Fsp3) is 0.133. The number of imidazole rings is 1. The van der Waals surface area contributed by atoms with Gasteiger partial charge in [0.25, 0.3) is 0 Å². The fourth-order valence-corrected chi connectivity index (χ4v) is 2.57. The van der Waals surface area contributed by atoms with Crippen molar-refractivity contribution in [2.24, 2.45) is 12.8 Å².